The number of fused-ring (bicyclic) bond motifs is 2. The van der Waals surface area contributed by atoms with Gasteiger partial charge >= 0.3 is 0 Å². The molecule has 3 N–H and O–H groups in total. The number of aryl methyl sites for hydroxylation is 1. The Balaban J connectivity index is 1.78. The third-order valence-corrected chi connectivity index (χ3v) is 4.53. The number of hydrogen-bond acceptors (Lipinski definition) is 3. The predicted molar refractivity (Wildman–Crippen MR) is 96.7 cm³/mol. The van der Waals surface area contributed by atoms with Crippen LogP contribution in [0.25, 0.3) is 22.2 Å². The summed E-state index contributed by atoms with van der Waals surface area (Å²) in [6.45, 7) is 1.96. The number of aromatic amines is 1. The van der Waals surface area contributed by atoms with E-state index >= 15 is 0 Å². The van der Waals surface area contributed by atoms with Crippen LogP contribution in [-0.4, -0.2) is 24.7 Å². The maximum absolute atomic E-state index is 5.74. The molecule has 0 saturated carbocycles. The molecule has 24 heavy (non-hydrogen) atoms. The Kier molecular flexibility index (Phi) is 4.13. The summed E-state index contributed by atoms with van der Waals surface area (Å²) in [7, 11) is 0. The van der Waals surface area contributed by atoms with Crippen molar-refractivity contribution in [2.45, 2.75) is 19.3 Å². The van der Waals surface area contributed by atoms with Crippen molar-refractivity contribution in [3.63, 3.8) is 0 Å². The summed E-state index contributed by atoms with van der Waals surface area (Å²) in [5, 5.41) is 1.29. The van der Waals surface area contributed by atoms with Gasteiger partial charge in [0.15, 0.2) is 11.5 Å². The van der Waals surface area contributed by atoms with Crippen LogP contribution >= 0.6 is 0 Å². The van der Waals surface area contributed by atoms with E-state index in [2.05, 4.69) is 41.4 Å². The van der Waals surface area contributed by atoms with Gasteiger partial charge < -0.3 is 20.2 Å². The Labute approximate surface area is 141 Å². The first kappa shape index (κ1) is 15.1. The lowest BCUT2D eigenvalue weighted by Crippen LogP contribution is -2.15. The molecule has 0 bridgehead atoms. The summed E-state index contributed by atoms with van der Waals surface area (Å²) in [5.74, 6) is 1.65. The lowest BCUT2D eigenvalue weighted by atomic mass is 10.00. The number of ether oxygens (including phenoxy) is 2. The van der Waals surface area contributed by atoms with Gasteiger partial charge in [0.05, 0.1) is 0 Å². The number of hydrogen-bond donors (Lipinski definition) is 2. The van der Waals surface area contributed by atoms with Crippen LogP contribution in [0.2, 0.25) is 0 Å². The Hall–Kier alpha value is -2.46. The molecular formula is C20H22N2O2. The Bertz CT molecular complexity index is 854. The molecule has 124 valence electrons. The monoisotopic (exact) mass is 322 g/mol. The molecule has 0 atom stereocenters. The third-order valence-electron chi connectivity index (χ3n) is 4.53. The zero-order chi connectivity index (χ0) is 16.4. The minimum atomic E-state index is 0.604. The van der Waals surface area contributed by atoms with E-state index in [0.29, 0.717) is 13.2 Å². The minimum absolute atomic E-state index is 0.604. The van der Waals surface area contributed by atoms with Gasteiger partial charge in [0.25, 0.3) is 0 Å². The topological polar surface area (TPSA) is 60.3 Å². The molecular weight excluding hydrogens is 300 g/mol. The van der Waals surface area contributed by atoms with E-state index in [1.165, 1.54) is 22.2 Å². The molecule has 1 aliphatic rings. The Morgan fingerprint density at radius 2 is 1.79 bits per heavy atom. The highest BCUT2D eigenvalue weighted by Gasteiger charge is 2.16. The van der Waals surface area contributed by atoms with Gasteiger partial charge in [-0.05, 0) is 55.6 Å². The molecule has 4 heteroatoms. The number of para-hydroxylation sites is 1. The molecule has 2 aromatic carbocycles. The normalized spacial score (nSPS) is 13.4. The average Bonchev–Trinajstić information content (AvgIpc) is 3.00. The molecule has 0 unspecified atom stereocenters. The van der Waals surface area contributed by atoms with E-state index in [1.54, 1.807) is 0 Å². The molecule has 4 nitrogen and oxygen atoms in total. The van der Waals surface area contributed by atoms with Crippen LogP contribution in [0, 0.1) is 0 Å². The van der Waals surface area contributed by atoms with Crippen molar-refractivity contribution in [2.75, 3.05) is 19.8 Å². The van der Waals surface area contributed by atoms with Crippen LogP contribution in [0.1, 0.15) is 18.4 Å². The molecule has 4 rings (SSSR count). The van der Waals surface area contributed by atoms with E-state index in [4.69, 9.17) is 15.2 Å². The largest absolute Gasteiger partial charge is 0.486 e. The second-order valence-electron chi connectivity index (χ2n) is 6.13. The number of nitrogens with two attached hydrogens (primary N) is 1. The number of unbranched alkanes of at least 4 members (excludes halogenated alkanes) is 1. The number of rotatable bonds is 5. The SMILES string of the molecule is NCCCCc1c(-c2ccc3c(c2)OCCO3)[nH]c2ccccc12. The summed E-state index contributed by atoms with van der Waals surface area (Å²) < 4.78 is 11.4. The standard InChI is InChI=1S/C20H22N2O2/c21-10-4-3-6-16-15-5-1-2-7-17(15)22-20(16)14-8-9-18-19(13-14)24-12-11-23-18/h1-2,5,7-9,13,22H,3-4,6,10-12,21H2. The predicted octanol–water partition coefficient (Wildman–Crippen LogP) is 3.89. The molecule has 3 aromatic rings. The average molecular weight is 322 g/mol. The number of nitrogens with one attached hydrogen (secondary N) is 1. The van der Waals surface area contributed by atoms with E-state index in [1.807, 2.05) is 6.07 Å². The fourth-order valence-corrected chi connectivity index (χ4v) is 3.35. The molecule has 0 radical (unpaired) electrons. The van der Waals surface area contributed by atoms with Gasteiger partial charge in [0, 0.05) is 22.2 Å². The van der Waals surface area contributed by atoms with Crippen LogP contribution in [0.4, 0.5) is 0 Å². The third kappa shape index (κ3) is 2.74. The van der Waals surface area contributed by atoms with Gasteiger partial charge in [-0.15, -0.1) is 0 Å². The first-order chi connectivity index (χ1) is 11.9. The summed E-state index contributed by atoms with van der Waals surface area (Å²) in [6.07, 6.45) is 3.15. The van der Waals surface area contributed by atoms with Crippen molar-refractivity contribution < 1.29 is 9.47 Å². The van der Waals surface area contributed by atoms with E-state index in [9.17, 15) is 0 Å². The first-order valence-electron chi connectivity index (χ1n) is 8.56. The highest BCUT2D eigenvalue weighted by molar-refractivity contribution is 5.91. The van der Waals surface area contributed by atoms with Crippen molar-refractivity contribution in [2.24, 2.45) is 5.73 Å². The lowest BCUT2D eigenvalue weighted by molar-refractivity contribution is 0.171. The number of benzene rings is 2. The molecule has 0 amide bonds. The lowest BCUT2D eigenvalue weighted by Gasteiger charge is -2.19. The van der Waals surface area contributed by atoms with E-state index in [0.717, 1.165) is 42.9 Å². The van der Waals surface area contributed by atoms with Crippen LogP contribution in [0.3, 0.4) is 0 Å². The van der Waals surface area contributed by atoms with Crippen molar-refractivity contribution in [3.8, 4) is 22.8 Å². The molecule has 1 aliphatic heterocycles. The van der Waals surface area contributed by atoms with Crippen molar-refractivity contribution >= 4 is 10.9 Å². The van der Waals surface area contributed by atoms with E-state index < -0.39 is 0 Å². The van der Waals surface area contributed by atoms with Crippen LogP contribution < -0.4 is 15.2 Å². The highest BCUT2D eigenvalue weighted by atomic mass is 16.6. The summed E-state index contributed by atoms with van der Waals surface area (Å²) in [4.78, 5) is 3.59. The Morgan fingerprint density at radius 1 is 0.958 bits per heavy atom. The molecule has 1 aromatic heterocycles. The fraction of sp³-hybridized carbons (Fsp3) is 0.300. The first-order valence-corrected chi connectivity index (χ1v) is 8.56. The second-order valence-corrected chi connectivity index (χ2v) is 6.13. The van der Waals surface area contributed by atoms with Gasteiger partial charge in [-0.1, -0.05) is 18.2 Å². The van der Waals surface area contributed by atoms with E-state index in [-0.39, 0.29) is 0 Å². The zero-order valence-electron chi connectivity index (χ0n) is 13.7. The fourth-order valence-electron chi connectivity index (χ4n) is 3.35. The van der Waals surface area contributed by atoms with Crippen LogP contribution in [0.15, 0.2) is 42.5 Å². The molecule has 0 spiro atoms. The highest BCUT2D eigenvalue weighted by Crippen LogP contribution is 2.37. The van der Waals surface area contributed by atoms with Crippen LogP contribution in [0.5, 0.6) is 11.5 Å². The van der Waals surface area contributed by atoms with Gasteiger partial charge in [-0.25, -0.2) is 0 Å². The number of H-pyrrole nitrogens is 1. The number of aromatic nitrogens is 1. The molecule has 0 fully saturated rings. The van der Waals surface area contributed by atoms with Crippen LogP contribution in [-0.2, 0) is 6.42 Å². The summed E-state index contributed by atoms with van der Waals surface area (Å²) in [5.41, 5.74) is 10.5. The van der Waals surface area contributed by atoms with Gasteiger partial charge in [-0.2, -0.15) is 0 Å². The molecule has 0 aliphatic carbocycles. The van der Waals surface area contributed by atoms with Crippen molar-refractivity contribution in [1.82, 2.24) is 4.98 Å². The zero-order valence-corrected chi connectivity index (χ0v) is 13.7. The van der Waals surface area contributed by atoms with Gasteiger partial charge in [0.2, 0.25) is 0 Å². The van der Waals surface area contributed by atoms with Gasteiger partial charge in [-0.3, -0.25) is 0 Å². The molecule has 0 saturated heterocycles. The molecule has 2 heterocycles. The maximum Gasteiger partial charge on any atom is 0.162 e. The minimum Gasteiger partial charge on any atom is -0.486 e. The van der Waals surface area contributed by atoms with Gasteiger partial charge in [0.1, 0.15) is 13.2 Å². The second kappa shape index (κ2) is 6.57. The van der Waals surface area contributed by atoms with Crippen molar-refractivity contribution in [3.05, 3.63) is 48.0 Å². The smallest absolute Gasteiger partial charge is 0.162 e. The van der Waals surface area contributed by atoms with Crippen molar-refractivity contribution in [1.29, 1.82) is 0 Å². The summed E-state index contributed by atoms with van der Waals surface area (Å²) >= 11 is 0. The maximum atomic E-state index is 5.74. The quantitative estimate of drug-likeness (QED) is 0.701. The Morgan fingerprint density at radius 3 is 2.67 bits per heavy atom. The summed E-state index contributed by atoms with van der Waals surface area (Å²) in [6, 6.07) is 14.6.